The summed E-state index contributed by atoms with van der Waals surface area (Å²) in [5.41, 5.74) is 0.373. The van der Waals surface area contributed by atoms with E-state index in [1.54, 1.807) is 18.2 Å². The van der Waals surface area contributed by atoms with E-state index in [0.29, 0.717) is 10.4 Å². The summed E-state index contributed by atoms with van der Waals surface area (Å²) in [7, 11) is 0. The number of nitrogens with zero attached hydrogens (tertiary/aromatic N) is 1. The van der Waals surface area contributed by atoms with Gasteiger partial charge in [0.1, 0.15) is 6.61 Å². The van der Waals surface area contributed by atoms with Gasteiger partial charge in [0.25, 0.3) is 0 Å². The highest BCUT2D eigenvalue weighted by molar-refractivity contribution is 4.95. The van der Waals surface area contributed by atoms with Crippen molar-refractivity contribution in [2.75, 3.05) is 0 Å². The Morgan fingerprint density at radius 3 is 2.78 bits per heavy atom. The Kier molecular flexibility index (Phi) is 1.65. The summed E-state index contributed by atoms with van der Waals surface area (Å²) >= 11 is 0. The van der Waals surface area contributed by atoms with Crippen LogP contribution in [-0.2, 0) is 6.61 Å². The minimum absolute atomic E-state index is 0.204. The fourth-order valence-corrected chi connectivity index (χ4v) is 0.586. The number of hydrogen-bond donors (Lipinski definition) is 1. The lowest BCUT2D eigenvalue weighted by Gasteiger charge is -1.97. The van der Waals surface area contributed by atoms with Gasteiger partial charge in [-0.15, -0.1) is 0 Å². The molecule has 0 aromatic carbocycles. The maximum atomic E-state index is 10.6. The standard InChI is InChI=1S/C6H7NO2/c8-5-6-3-1-2-4-7(6)9/h1-4,8H,5H2. The molecule has 0 saturated carbocycles. The molecule has 0 amide bonds. The predicted molar refractivity (Wildman–Crippen MR) is 31.3 cm³/mol. The maximum absolute atomic E-state index is 10.6. The third-order valence-electron chi connectivity index (χ3n) is 1.07. The Morgan fingerprint density at radius 2 is 2.33 bits per heavy atom. The van der Waals surface area contributed by atoms with Crippen LogP contribution in [0.3, 0.4) is 0 Å². The summed E-state index contributed by atoms with van der Waals surface area (Å²) in [4.78, 5) is 0. The summed E-state index contributed by atoms with van der Waals surface area (Å²) in [6, 6.07) is 4.90. The molecular formula is C6H7NO2. The van der Waals surface area contributed by atoms with E-state index < -0.39 is 0 Å². The first-order chi connectivity index (χ1) is 4.34. The summed E-state index contributed by atoms with van der Waals surface area (Å²) in [6.45, 7) is -0.204. The number of rotatable bonds is 1. The molecule has 0 aliphatic rings. The maximum Gasteiger partial charge on any atom is 0.218 e. The zero-order valence-corrected chi connectivity index (χ0v) is 4.82. The first-order valence-electron chi connectivity index (χ1n) is 2.62. The Bertz CT molecular complexity index is 200. The van der Waals surface area contributed by atoms with Crippen LogP contribution in [0.25, 0.3) is 0 Å². The molecule has 0 atom stereocenters. The van der Waals surface area contributed by atoms with Crippen molar-refractivity contribution >= 4 is 0 Å². The van der Waals surface area contributed by atoms with Crippen LogP contribution in [0.1, 0.15) is 5.69 Å². The van der Waals surface area contributed by atoms with Crippen molar-refractivity contribution in [1.82, 2.24) is 0 Å². The molecule has 3 heteroatoms. The van der Waals surface area contributed by atoms with Crippen LogP contribution < -0.4 is 4.73 Å². The molecule has 0 unspecified atom stereocenters. The van der Waals surface area contributed by atoms with Gasteiger partial charge in [0, 0.05) is 12.1 Å². The molecule has 0 bridgehead atoms. The van der Waals surface area contributed by atoms with Crippen molar-refractivity contribution in [3.63, 3.8) is 0 Å². The van der Waals surface area contributed by atoms with Crippen molar-refractivity contribution in [3.05, 3.63) is 35.3 Å². The van der Waals surface area contributed by atoms with Gasteiger partial charge in [-0.3, -0.25) is 0 Å². The molecule has 0 fully saturated rings. The molecule has 3 nitrogen and oxygen atoms in total. The second-order valence-electron chi connectivity index (χ2n) is 1.68. The minimum atomic E-state index is -0.204. The van der Waals surface area contributed by atoms with E-state index in [1.807, 2.05) is 0 Å². The van der Waals surface area contributed by atoms with Crippen molar-refractivity contribution < 1.29 is 9.84 Å². The van der Waals surface area contributed by atoms with E-state index in [0.717, 1.165) is 0 Å². The third-order valence-corrected chi connectivity index (χ3v) is 1.07. The smallest absolute Gasteiger partial charge is 0.218 e. The van der Waals surface area contributed by atoms with Gasteiger partial charge in [-0.05, 0) is 6.07 Å². The van der Waals surface area contributed by atoms with Gasteiger partial charge in [-0.2, -0.15) is 4.73 Å². The molecule has 0 radical (unpaired) electrons. The highest BCUT2D eigenvalue weighted by atomic mass is 16.5. The molecule has 48 valence electrons. The first kappa shape index (κ1) is 6.04. The van der Waals surface area contributed by atoms with Gasteiger partial charge in [-0.1, -0.05) is 0 Å². The molecule has 0 spiro atoms. The summed E-state index contributed by atoms with van der Waals surface area (Å²) in [5, 5.41) is 19.1. The van der Waals surface area contributed by atoms with Crippen LogP contribution >= 0.6 is 0 Å². The van der Waals surface area contributed by atoms with Crippen molar-refractivity contribution in [2.45, 2.75) is 6.61 Å². The summed E-state index contributed by atoms with van der Waals surface area (Å²) in [5.74, 6) is 0. The number of aliphatic hydroxyl groups excluding tert-OH is 1. The van der Waals surface area contributed by atoms with Gasteiger partial charge in [0.15, 0.2) is 6.20 Å². The van der Waals surface area contributed by atoms with Crippen LogP contribution in [0.2, 0.25) is 0 Å². The van der Waals surface area contributed by atoms with E-state index in [-0.39, 0.29) is 6.61 Å². The SMILES string of the molecule is [O-][n+]1ccccc1CO. The predicted octanol–water partition coefficient (Wildman–Crippen LogP) is -0.188. The second-order valence-corrected chi connectivity index (χ2v) is 1.68. The van der Waals surface area contributed by atoms with E-state index in [4.69, 9.17) is 5.11 Å². The van der Waals surface area contributed by atoms with E-state index >= 15 is 0 Å². The molecule has 1 heterocycles. The van der Waals surface area contributed by atoms with Gasteiger partial charge in [-0.25, -0.2) is 0 Å². The molecule has 0 aliphatic heterocycles. The second kappa shape index (κ2) is 2.46. The van der Waals surface area contributed by atoms with Gasteiger partial charge in [0.2, 0.25) is 5.69 Å². The van der Waals surface area contributed by atoms with Crippen molar-refractivity contribution in [2.24, 2.45) is 0 Å². The molecule has 1 rings (SSSR count). The summed E-state index contributed by atoms with van der Waals surface area (Å²) in [6.07, 6.45) is 1.35. The fourth-order valence-electron chi connectivity index (χ4n) is 0.586. The zero-order chi connectivity index (χ0) is 6.69. The van der Waals surface area contributed by atoms with Crippen molar-refractivity contribution in [3.8, 4) is 0 Å². The lowest BCUT2D eigenvalue weighted by molar-refractivity contribution is -0.616. The van der Waals surface area contributed by atoms with Crippen LogP contribution in [0.4, 0.5) is 0 Å². The Morgan fingerprint density at radius 1 is 1.56 bits per heavy atom. The number of aromatic nitrogens is 1. The van der Waals surface area contributed by atoms with E-state index in [2.05, 4.69) is 0 Å². The van der Waals surface area contributed by atoms with Crippen LogP contribution in [-0.4, -0.2) is 5.11 Å². The molecule has 0 saturated heterocycles. The monoisotopic (exact) mass is 125 g/mol. The lowest BCUT2D eigenvalue weighted by atomic mass is 10.4. The normalized spacial score (nSPS) is 9.44. The average Bonchev–Trinajstić information content (AvgIpc) is 1.89. The largest absolute Gasteiger partial charge is 0.618 e. The number of pyridine rings is 1. The molecular weight excluding hydrogens is 118 g/mol. The van der Waals surface area contributed by atoms with Gasteiger partial charge in [0.05, 0.1) is 0 Å². The average molecular weight is 125 g/mol. The minimum Gasteiger partial charge on any atom is -0.618 e. The van der Waals surface area contributed by atoms with Crippen LogP contribution in [0.15, 0.2) is 24.4 Å². The summed E-state index contributed by atoms with van der Waals surface area (Å²) < 4.78 is 0.639. The van der Waals surface area contributed by atoms with E-state index in [1.165, 1.54) is 6.20 Å². The van der Waals surface area contributed by atoms with Crippen molar-refractivity contribution in [1.29, 1.82) is 0 Å². The fraction of sp³-hybridized carbons (Fsp3) is 0.167. The lowest BCUT2D eigenvalue weighted by Crippen LogP contribution is -2.30. The molecule has 1 aromatic heterocycles. The molecule has 1 N–H and O–H groups in total. The van der Waals surface area contributed by atoms with Crippen LogP contribution in [0, 0.1) is 5.21 Å². The highest BCUT2D eigenvalue weighted by Gasteiger charge is 1.97. The highest BCUT2D eigenvalue weighted by Crippen LogP contribution is 1.87. The topological polar surface area (TPSA) is 47.2 Å². The Labute approximate surface area is 52.8 Å². The number of hydrogen-bond acceptors (Lipinski definition) is 2. The molecule has 9 heavy (non-hydrogen) atoms. The molecule has 0 aliphatic carbocycles. The quantitative estimate of drug-likeness (QED) is 0.418. The Hall–Kier alpha value is -1.09. The van der Waals surface area contributed by atoms with Gasteiger partial charge < -0.3 is 10.3 Å². The first-order valence-corrected chi connectivity index (χ1v) is 2.62. The third kappa shape index (κ3) is 1.17. The molecule has 1 aromatic rings. The Balaban J connectivity index is 3.01. The van der Waals surface area contributed by atoms with Gasteiger partial charge >= 0.3 is 0 Å². The van der Waals surface area contributed by atoms with Crippen LogP contribution in [0.5, 0.6) is 0 Å². The number of aliphatic hydroxyl groups is 1. The van der Waals surface area contributed by atoms with E-state index in [9.17, 15) is 5.21 Å². The zero-order valence-electron chi connectivity index (χ0n) is 4.82.